The molecule has 1 aromatic rings. The SMILES string of the molecule is Cc1cc(C)c(C2=C(O)[C@H]3[C@@H](C2=O)[C@@H]2CC[C@H]3C2=O)c(C)c1. The van der Waals surface area contributed by atoms with Crippen LogP contribution in [0.2, 0.25) is 0 Å². The van der Waals surface area contributed by atoms with Gasteiger partial charge in [0.2, 0.25) is 0 Å². The third-order valence-electron chi connectivity index (χ3n) is 5.82. The van der Waals surface area contributed by atoms with Crippen molar-refractivity contribution >= 4 is 17.1 Å². The topological polar surface area (TPSA) is 54.4 Å². The number of carbonyl (C=O) groups excluding carboxylic acids is 2. The zero-order valence-electron chi connectivity index (χ0n) is 13.1. The number of aliphatic hydroxyl groups excluding tert-OH is 1. The highest BCUT2D eigenvalue weighted by molar-refractivity contribution is 6.27. The van der Waals surface area contributed by atoms with E-state index in [0.29, 0.717) is 5.57 Å². The number of fused-ring (bicyclic) bond motifs is 5. The monoisotopic (exact) mass is 296 g/mol. The molecular weight excluding hydrogens is 276 g/mol. The summed E-state index contributed by atoms with van der Waals surface area (Å²) in [4.78, 5) is 25.2. The summed E-state index contributed by atoms with van der Waals surface area (Å²) in [6.07, 6.45) is 1.63. The molecule has 4 atom stereocenters. The second-order valence-electron chi connectivity index (χ2n) is 7.14. The Hall–Kier alpha value is -1.90. The predicted octanol–water partition coefficient (Wildman–Crippen LogP) is 3.30. The van der Waals surface area contributed by atoms with Gasteiger partial charge in [-0.25, -0.2) is 0 Å². The number of hydrogen-bond acceptors (Lipinski definition) is 3. The van der Waals surface area contributed by atoms with E-state index in [1.54, 1.807) is 0 Å². The van der Waals surface area contributed by atoms with Crippen LogP contribution in [-0.4, -0.2) is 16.7 Å². The number of allylic oxidation sites excluding steroid dienone is 2. The summed E-state index contributed by atoms with van der Waals surface area (Å²) in [6.45, 7) is 6.00. The van der Waals surface area contributed by atoms with E-state index in [1.165, 1.54) is 0 Å². The van der Waals surface area contributed by atoms with Crippen molar-refractivity contribution in [1.82, 2.24) is 0 Å². The highest BCUT2D eigenvalue weighted by atomic mass is 16.3. The van der Waals surface area contributed by atoms with E-state index >= 15 is 0 Å². The molecule has 0 aromatic heterocycles. The highest BCUT2D eigenvalue weighted by Gasteiger charge is 2.62. The van der Waals surface area contributed by atoms with Gasteiger partial charge in [0.25, 0.3) is 0 Å². The fourth-order valence-corrected chi connectivity index (χ4v) is 5.12. The molecule has 0 saturated heterocycles. The van der Waals surface area contributed by atoms with Crippen molar-refractivity contribution in [3.63, 3.8) is 0 Å². The lowest BCUT2D eigenvalue weighted by Crippen LogP contribution is -2.24. The van der Waals surface area contributed by atoms with E-state index in [9.17, 15) is 14.7 Å². The maximum atomic E-state index is 13.0. The van der Waals surface area contributed by atoms with E-state index < -0.39 is 0 Å². The molecule has 0 amide bonds. The standard InChI is InChI=1S/C19H20O3/c1-8-6-9(2)13(10(3)7-8)16-18(21)14-11-4-5-12(17(11)20)15(14)19(16)22/h6-7,11-12,14-15,21H,4-5H2,1-3H3/t11-,12+,14-,15+/m1/s1. The van der Waals surface area contributed by atoms with Gasteiger partial charge in [0.15, 0.2) is 5.78 Å². The molecule has 22 heavy (non-hydrogen) atoms. The number of carbonyl (C=O) groups is 2. The maximum Gasteiger partial charge on any atom is 0.171 e. The van der Waals surface area contributed by atoms with Gasteiger partial charge in [-0.15, -0.1) is 0 Å². The Morgan fingerprint density at radius 3 is 2.05 bits per heavy atom. The lowest BCUT2D eigenvalue weighted by Gasteiger charge is -2.21. The normalized spacial score (nSPS) is 33.0. The van der Waals surface area contributed by atoms with Gasteiger partial charge in [0.1, 0.15) is 11.5 Å². The van der Waals surface area contributed by atoms with Crippen molar-refractivity contribution in [3.8, 4) is 0 Å². The van der Waals surface area contributed by atoms with Gasteiger partial charge < -0.3 is 5.11 Å². The molecule has 0 radical (unpaired) electrons. The molecule has 3 aliphatic carbocycles. The minimum atomic E-state index is -0.304. The Bertz CT molecular complexity index is 733. The van der Waals surface area contributed by atoms with Gasteiger partial charge in [0, 0.05) is 23.7 Å². The number of rotatable bonds is 1. The quantitative estimate of drug-likeness (QED) is 0.865. The van der Waals surface area contributed by atoms with Crippen LogP contribution >= 0.6 is 0 Å². The second kappa shape index (κ2) is 4.31. The Labute approximate surface area is 130 Å². The van der Waals surface area contributed by atoms with E-state index in [2.05, 4.69) is 0 Å². The summed E-state index contributed by atoms with van der Waals surface area (Å²) in [5.74, 6) is -0.499. The molecule has 0 unspecified atom stereocenters. The van der Waals surface area contributed by atoms with Crippen LogP contribution in [0.5, 0.6) is 0 Å². The lowest BCUT2D eigenvalue weighted by atomic mass is 9.80. The van der Waals surface area contributed by atoms with Crippen molar-refractivity contribution in [3.05, 3.63) is 40.1 Å². The smallest absolute Gasteiger partial charge is 0.171 e. The molecule has 2 fully saturated rings. The van der Waals surface area contributed by atoms with E-state index in [1.807, 2.05) is 32.9 Å². The maximum absolute atomic E-state index is 13.0. The Morgan fingerprint density at radius 2 is 1.50 bits per heavy atom. The first-order valence-electron chi connectivity index (χ1n) is 8.01. The average Bonchev–Trinajstić information content (AvgIpc) is 3.02. The van der Waals surface area contributed by atoms with Gasteiger partial charge in [0.05, 0.1) is 5.57 Å². The van der Waals surface area contributed by atoms with Gasteiger partial charge in [-0.3, -0.25) is 9.59 Å². The van der Waals surface area contributed by atoms with Crippen molar-refractivity contribution in [1.29, 1.82) is 0 Å². The van der Waals surface area contributed by atoms with Crippen LogP contribution in [0.1, 0.15) is 35.1 Å². The summed E-state index contributed by atoms with van der Waals surface area (Å²) in [5.41, 5.74) is 4.54. The van der Waals surface area contributed by atoms with Crippen LogP contribution in [-0.2, 0) is 9.59 Å². The summed E-state index contributed by atoms with van der Waals surface area (Å²) >= 11 is 0. The third-order valence-corrected chi connectivity index (χ3v) is 5.82. The second-order valence-corrected chi connectivity index (χ2v) is 7.14. The number of ketones is 2. The molecule has 2 saturated carbocycles. The van der Waals surface area contributed by atoms with Gasteiger partial charge >= 0.3 is 0 Å². The molecule has 3 heteroatoms. The predicted molar refractivity (Wildman–Crippen MR) is 83.4 cm³/mol. The van der Waals surface area contributed by atoms with Crippen LogP contribution in [0, 0.1) is 44.4 Å². The molecule has 2 bridgehead atoms. The van der Waals surface area contributed by atoms with Crippen molar-refractivity contribution < 1.29 is 14.7 Å². The minimum Gasteiger partial charge on any atom is -0.511 e. The van der Waals surface area contributed by atoms with E-state index in [-0.39, 0.29) is 41.0 Å². The van der Waals surface area contributed by atoms with Crippen LogP contribution in [0.4, 0.5) is 0 Å². The molecule has 1 N–H and O–H groups in total. The largest absolute Gasteiger partial charge is 0.511 e. The first-order chi connectivity index (χ1) is 10.4. The summed E-state index contributed by atoms with van der Waals surface area (Å²) < 4.78 is 0. The summed E-state index contributed by atoms with van der Waals surface area (Å²) in [7, 11) is 0. The number of aliphatic hydroxyl groups is 1. The van der Waals surface area contributed by atoms with Crippen LogP contribution in [0.25, 0.3) is 5.57 Å². The van der Waals surface area contributed by atoms with E-state index in [4.69, 9.17) is 0 Å². The minimum absolute atomic E-state index is 0.0156. The van der Waals surface area contributed by atoms with Gasteiger partial charge in [-0.05, 0) is 50.3 Å². The van der Waals surface area contributed by atoms with Crippen LogP contribution in [0.3, 0.4) is 0 Å². The first kappa shape index (κ1) is 13.7. The van der Waals surface area contributed by atoms with Crippen molar-refractivity contribution in [2.24, 2.45) is 23.7 Å². The molecule has 114 valence electrons. The number of Topliss-reactive ketones (excluding diaryl/α,β-unsaturated/α-hetero) is 2. The molecule has 1 aromatic carbocycles. The highest BCUT2D eigenvalue weighted by Crippen LogP contribution is 2.58. The Morgan fingerprint density at radius 1 is 0.955 bits per heavy atom. The summed E-state index contributed by atoms with van der Waals surface area (Å²) in [5, 5.41) is 10.7. The molecule has 3 nitrogen and oxygen atoms in total. The number of aryl methyl sites for hydroxylation is 3. The van der Waals surface area contributed by atoms with Crippen LogP contribution < -0.4 is 0 Å². The summed E-state index contributed by atoms with van der Waals surface area (Å²) in [6, 6.07) is 4.09. The number of benzene rings is 1. The molecule has 4 rings (SSSR count). The average molecular weight is 296 g/mol. The molecule has 0 heterocycles. The van der Waals surface area contributed by atoms with E-state index in [0.717, 1.165) is 35.1 Å². The van der Waals surface area contributed by atoms with Gasteiger partial charge in [-0.2, -0.15) is 0 Å². The van der Waals surface area contributed by atoms with Crippen molar-refractivity contribution in [2.45, 2.75) is 33.6 Å². The lowest BCUT2D eigenvalue weighted by molar-refractivity contribution is -0.124. The van der Waals surface area contributed by atoms with Crippen molar-refractivity contribution in [2.75, 3.05) is 0 Å². The van der Waals surface area contributed by atoms with Crippen LogP contribution in [0.15, 0.2) is 17.9 Å². The fourth-order valence-electron chi connectivity index (χ4n) is 5.12. The molecule has 3 aliphatic rings. The zero-order chi connectivity index (χ0) is 15.8. The molecule has 0 aliphatic heterocycles. The first-order valence-corrected chi connectivity index (χ1v) is 8.01. The zero-order valence-corrected chi connectivity index (χ0v) is 13.1. The third kappa shape index (κ3) is 1.52. The van der Waals surface area contributed by atoms with Gasteiger partial charge in [-0.1, -0.05) is 17.7 Å². The Kier molecular flexibility index (Phi) is 2.69. The molecule has 0 spiro atoms. The fraction of sp³-hybridized carbons (Fsp3) is 0.474. The Balaban J connectivity index is 1.89. The molecular formula is C19H20O3. The number of hydrogen-bond donors (Lipinski definition) is 1.